The monoisotopic (exact) mass is 477 g/mol. The van der Waals surface area contributed by atoms with Crippen LogP contribution in [0.15, 0.2) is 36.5 Å². The number of halogens is 1. The van der Waals surface area contributed by atoms with E-state index in [4.69, 9.17) is 4.74 Å². The second-order valence-electron chi connectivity index (χ2n) is 11.0. The first-order chi connectivity index (χ1) is 16.6. The molecule has 184 valence electrons. The Morgan fingerprint density at radius 1 is 1.34 bits per heavy atom. The van der Waals surface area contributed by atoms with Gasteiger partial charge in [-0.3, -0.25) is 9.89 Å². The van der Waals surface area contributed by atoms with E-state index in [1.807, 2.05) is 19.1 Å². The van der Waals surface area contributed by atoms with Crippen molar-refractivity contribution < 1.29 is 19.0 Å². The number of H-pyrrole nitrogens is 1. The van der Waals surface area contributed by atoms with Crippen LogP contribution < -0.4 is 0 Å². The number of aryl methyl sites for hydroxylation is 1. The van der Waals surface area contributed by atoms with Gasteiger partial charge in [-0.1, -0.05) is 13.8 Å². The molecule has 1 saturated carbocycles. The summed E-state index contributed by atoms with van der Waals surface area (Å²) in [6.07, 6.45) is 3.80. The molecule has 1 fully saturated rings. The van der Waals surface area contributed by atoms with Crippen LogP contribution in [0, 0.1) is 18.2 Å². The molecule has 1 unspecified atom stereocenters. The Labute approximate surface area is 204 Å². The lowest BCUT2D eigenvalue weighted by molar-refractivity contribution is -0.147. The van der Waals surface area contributed by atoms with Gasteiger partial charge in [0.05, 0.1) is 29.3 Å². The second kappa shape index (κ2) is 8.19. The van der Waals surface area contributed by atoms with Gasteiger partial charge in [-0.25, -0.2) is 4.39 Å². The van der Waals surface area contributed by atoms with Crippen molar-refractivity contribution in [2.24, 2.45) is 5.41 Å². The zero-order valence-electron chi connectivity index (χ0n) is 20.9. The van der Waals surface area contributed by atoms with E-state index >= 15 is 0 Å². The van der Waals surface area contributed by atoms with Crippen molar-refractivity contribution in [1.29, 1.82) is 0 Å². The second-order valence-corrected chi connectivity index (χ2v) is 11.0. The average Bonchev–Trinajstić information content (AvgIpc) is 3.50. The van der Waals surface area contributed by atoms with E-state index in [0.717, 1.165) is 45.2 Å². The molecule has 1 aliphatic carbocycles. The van der Waals surface area contributed by atoms with Gasteiger partial charge in [-0.2, -0.15) is 5.10 Å². The standard InChI is InChI=1S/C28H32FN3O3/c1-16-10-19(6-7-21(16)29)32-23-11-18-14-30-31-22(18)12-20(23)24(25(32)27(2,3)15-35-5)17-8-9-28(4,13-17)26(33)34/h6-7,10-12,14,17H,8-9,13,15H2,1-5H3,(H,30,31)(H,33,34)/t17?,28-/m1/s1. The van der Waals surface area contributed by atoms with Gasteiger partial charge >= 0.3 is 5.97 Å². The number of hydrogen-bond donors (Lipinski definition) is 2. The van der Waals surface area contributed by atoms with Crippen LogP contribution in [-0.4, -0.2) is 39.6 Å². The van der Waals surface area contributed by atoms with Gasteiger partial charge in [0.1, 0.15) is 5.82 Å². The van der Waals surface area contributed by atoms with Gasteiger partial charge in [-0.05, 0) is 80.5 Å². The summed E-state index contributed by atoms with van der Waals surface area (Å²) in [5, 5.41) is 19.3. The van der Waals surface area contributed by atoms with Crippen LogP contribution >= 0.6 is 0 Å². The van der Waals surface area contributed by atoms with Crippen molar-refractivity contribution in [3.63, 3.8) is 0 Å². The number of methoxy groups -OCH3 is 1. The summed E-state index contributed by atoms with van der Waals surface area (Å²) in [5.41, 5.74) is 4.48. The first kappa shape index (κ1) is 23.5. The Morgan fingerprint density at radius 3 is 2.77 bits per heavy atom. The number of carbonyl (C=O) groups is 1. The molecule has 0 aliphatic heterocycles. The molecule has 0 spiro atoms. The van der Waals surface area contributed by atoms with Crippen LogP contribution in [0.25, 0.3) is 27.5 Å². The average molecular weight is 478 g/mol. The number of hydrogen-bond acceptors (Lipinski definition) is 3. The van der Waals surface area contributed by atoms with Gasteiger partial charge in [0.2, 0.25) is 0 Å². The normalized spacial score (nSPS) is 20.8. The summed E-state index contributed by atoms with van der Waals surface area (Å²) < 4.78 is 22.2. The third-order valence-corrected chi connectivity index (χ3v) is 7.78. The molecule has 0 saturated heterocycles. The molecule has 35 heavy (non-hydrogen) atoms. The number of ether oxygens (including phenoxy) is 1. The summed E-state index contributed by atoms with van der Waals surface area (Å²) in [5.74, 6) is -0.909. The first-order valence-electron chi connectivity index (χ1n) is 12.1. The topological polar surface area (TPSA) is 80.1 Å². The van der Waals surface area contributed by atoms with Crippen LogP contribution in [0.3, 0.4) is 0 Å². The van der Waals surface area contributed by atoms with E-state index in [-0.39, 0.29) is 17.2 Å². The van der Waals surface area contributed by atoms with E-state index in [1.54, 1.807) is 20.2 Å². The Morgan fingerprint density at radius 2 is 2.11 bits per heavy atom. The Hall–Kier alpha value is -3.19. The number of nitrogens with zero attached hydrogens (tertiary/aromatic N) is 2. The highest BCUT2D eigenvalue weighted by Gasteiger charge is 2.45. The van der Waals surface area contributed by atoms with Crippen molar-refractivity contribution >= 4 is 27.8 Å². The number of aromatic nitrogens is 3. The summed E-state index contributed by atoms with van der Waals surface area (Å²) in [6, 6.07) is 9.45. The molecule has 4 aromatic rings. The summed E-state index contributed by atoms with van der Waals surface area (Å²) in [7, 11) is 1.70. The summed E-state index contributed by atoms with van der Waals surface area (Å²) in [6.45, 7) is 8.42. The van der Waals surface area contributed by atoms with Gasteiger partial charge < -0.3 is 14.4 Å². The van der Waals surface area contributed by atoms with E-state index in [1.165, 1.54) is 6.07 Å². The first-order valence-corrected chi connectivity index (χ1v) is 12.1. The minimum atomic E-state index is -0.758. The van der Waals surface area contributed by atoms with E-state index in [2.05, 4.69) is 40.7 Å². The fourth-order valence-corrected chi connectivity index (χ4v) is 5.98. The molecular formula is C28H32FN3O3. The molecule has 0 radical (unpaired) electrons. The molecule has 0 amide bonds. The number of rotatable bonds is 6. The number of aromatic amines is 1. The van der Waals surface area contributed by atoms with Gasteiger partial charge in [0.15, 0.2) is 0 Å². The highest BCUT2D eigenvalue weighted by Crippen LogP contribution is 2.52. The molecule has 1 aliphatic rings. The molecule has 2 heterocycles. The third kappa shape index (κ3) is 3.73. The fourth-order valence-electron chi connectivity index (χ4n) is 5.98. The van der Waals surface area contributed by atoms with Crippen molar-refractivity contribution in [2.45, 2.75) is 58.3 Å². The quantitative estimate of drug-likeness (QED) is 0.345. The van der Waals surface area contributed by atoms with Crippen molar-refractivity contribution in [2.75, 3.05) is 13.7 Å². The number of aliphatic carboxylic acids is 1. The van der Waals surface area contributed by atoms with Crippen molar-refractivity contribution in [1.82, 2.24) is 14.8 Å². The summed E-state index contributed by atoms with van der Waals surface area (Å²) in [4.78, 5) is 12.1. The van der Waals surface area contributed by atoms with Gasteiger partial charge in [0.25, 0.3) is 0 Å². The van der Waals surface area contributed by atoms with E-state index < -0.39 is 11.4 Å². The molecular weight excluding hydrogens is 445 g/mol. The SMILES string of the molecule is COCC(C)(C)c1c(C2CC[C@@](C)(C(=O)O)C2)c2cc3[nH]ncc3cc2n1-c1ccc(F)c(C)c1. The number of carboxylic acid groups (broad SMARTS) is 1. The smallest absolute Gasteiger partial charge is 0.309 e. The molecule has 2 aromatic heterocycles. The Kier molecular flexibility index (Phi) is 5.51. The Balaban J connectivity index is 1.88. The van der Waals surface area contributed by atoms with Crippen molar-refractivity contribution in [3.05, 3.63) is 59.2 Å². The van der Waals surface area contributed by atoms with Crippen LogP contribution in [0.2, 0.25) is 0 Å². The van der Waals surface area contributed by atoms with Gasteiger partial charge in [-0.15, -0.1) is 0 Å². The molecule has 2 aromatic carbocycles. The predicted molar refractivity (Wildman–Crippen MR) is 135 cm³/mol. The molecule has 0 bridgehead atoms. The minimum absolute atomic E-state index is 0.0768. The Bertz CT molecular complexity index is 1450. The molecule has 5 rings (SSSR count). The van der Waals surface area contributed by atoms with E-state index in [9.17, 15) is 14.3 Å². The largest absolute Gasteiger partial charge is 0.481 e. The number of nitrogens with one attached hydrogen (secondary N) is 1. The highest BCUT2D eigenvalue weighted by atomic mass is 19.1. The minimum Gasteiger partial charge on any atom is -0.481 e. The number of benzene rings is 2. The third-order valence-electron chi connectivity index (χ3n) is 7.78. The fraction of sp³-hybridized carbons (Fsp3) is 0.429. The molecule has 7 heteroatoms. The number of fused-ring (bicyclic) bond motifs is 2. The maximum Gasteiger partial charge on any atom is 0.309 e. The zero-order chi connectivity index (χ0) is 25.1. The highest BCUT2D eigenvalue weighted by molar-refractivity contribution is 5.99. The zero-order valence-corrected chi connectivity index (χ0v) is 20.9. The van der Waals surface area contributed by atoms with Gasteiger partial charge in [0, 0.05) is 34.7 Å². The maximum atomic E-state index is 14.3. The molecule has 2 atom stereocenters. The van der Waals surface area contributed by atoms with Crippen LogP contribution in [-0.2, 0) is 14.9 Å². The van der Waals surface area contributed by atoms with Crippen molar-refractivity contribution in [3.8, 4) is 5.69 Å². The van der Waals surface area contributed by atoms with Crippen LogP contribution in [0.4, 0.5) is 4.39 Å². The van der Waals surface area contributed by atoms with E-state index in [0.29, 0.717) is 25.0 Å². The molecule has 6 nitrogen and oxygen atoms in total. The maximum absolute atomic E-state index is 14.3. The predicted octanol–water partition coefficient (Wildman–Crippen LogP) is 6.24. The van der Waals surface area contributed by atoms with Crippen LogP contribution in [0.1, 0.15) is 62.8 Å². The number of carboxylic acids is 1. The lowest BCUT2D eigenvalue weighted by Gasteiger charge is -2.30. The lowest BCUT2D eigenvalue weighted by Crippen LogP contribution is -2.29. The molecule has 2 N–H and O–H groups in total. The lowest BCUT2D eigenvalue weighted by atomic mass is 9.80. The van der Waals surface area contributed by atoms with Crippen LogP contribution in [0.5, 0.6) is 0 Å². The summed E-state index contributed by atoms with van der Waals surface area (Å²) >= 11 is 0.